The monoisotopic (exact) mass is 1110 g/mol. The van der Waals surface area contributed by atoms with Gasteiger partial charge in [0.1, 0.15) is 12.7 Å². The van der Waals surface area contributed by atoms with Gasteiger partial charge in [0.05, 0.1) is 26.2 Å². The molecule has 0 heterocycles. The Morgan fingerprint density at radius 3 is 1.13 bits per heavy atom. The van der Waals surface area contributed by atoms with Crippen LogP contribution in [0.2, 0.25) is 0 Å². The number of allylic oxidation sites excluding steroid dienone is 19. The number of aliphatic hydroxyl groups is 1. The molecule has 0 saturated carbocycles. The summed E-state index contributed by atoms with van der Waals surface area (Å²) in [7, 11) is -4.79. The molecule has 11 nitrogen and oxygen atoms in total. The SMILES string of the molecule is CC/C=C\C/C=C\C/C=C\C/C=C\C/C=C\CCCCCC(=O)OCC(COP(=O)(O)OCC(CO)OC(=O)C/C=C\C/C=C\C/C=C\C/C=C\C/C=C\CC)OC(=O)CCCCCCCCCCCCCCCCCCC. The molecule has 0 radical (unpaired) electrons. The maximum Gasteiger partial charge on any atom is 0.472 e. The van der Waals surface area contributed by atoms with Gasteiger partial charge in [-0.2, -0.15) is 0 Å². The summed E-state index contributed by atoms with van der Waals surface area (Å²) in [5.74, 6) is -1.64. The van der Waals surface area contributed by atoms with Crippen molar-refractivity contribution < 1.29 is 52.2 Å². The van der Waals surface area contributed by atoms with Crippen molar-refractivity contribution in [3.05, 3.63) is 122 Å². The molecule has 444 valence electrons. The summed E-state index contributed by atoms with van der Waals surface area (Å²) in [4.78, 5) is 48.6. The van der Waals surface area contributed by atoms with Crippen molar-refractivity contribution in [3.63, 3.8) is 0 Å². The highest BCUT2D eigenvalue weighted by Crippen LogP contribution is 2.43. The van der Waals surface area contributed by atoms with E-state index in [2.05, 4.69) is 118 Å². The summed E-state index contributed by atoms with van der Waals surface area (Å²) in [6.45, 7) is 4.28. The molecule has 0 rings (SSSR count). The third kappa shape index (κ3) is 56.6. The number of phosphoric ester groups is 1. The van der Waals surface area contributed by atoms with E-state index in [1.807, 2.05) is 18.2 Å². The van der Waals surface area contributed by atoms with E-state index in [0.717, 1.165) is 96.3 Å². The molecule has 0 aromatic heterocycles. The Bertz CT molecular complexity index is 1770. The van der Waals surface area contributed by atoms with Crippen LogP contribution in [0.25, 0.3) is 0 Å². The van der Waals surface area contributed by atoms with Gasteiger partial charge in [0.25, 0.3) is 0 Å². The van der Waals surface area contributed by atoms with Gasteiger partial charge >= 0.3 is 25.7 Å². The van der Waals surface area contributed by atoms with Crippen LogP contribution < -0.4 is 0 Å². The second kappa shape index (κ2) is 59.0. The fourth-order valence-electron chi connectivity index (χ4n) is 7.87. The Hall–Kier alpha value is -4.12. The first-order valence-electron chi connectivity index (χ1n) is 30.4. The molecule has 0 aliphatic carbocycles. The fourth-order valence-corrected chi connectivity index (χ4v) is 8.65. The van der Waals surface area contributed by atoms with E-state index < -0.39 is 57.8 Å². The molecule has 0 spiro atoms. The summed E-state index contributed by atoms with van der Waals surface area (Å²) in [6, 6.07) is 0. The van der Waals surface area contributed by atoms with Crippen LogP contribution in [0.3, 0.4) is 0 Å². The lowest BCUT2D eigenvalue weighted by molar-refractivity contribution is -0.161. The van der Waals surface area contributed by atoms with E-state index in [1.54, 1.807) is 6.08 Å². The molecule has 0 aromatic carbocycles. The van der Waals surface area contributed by atoms with E-state index >= 15 is 0 Å². The predicted molar refractivity (Wildman–Crippen MR) is 325 cm³/mol. The van der Waals surface area contributed by atoms with Gasteiger partial charge in [-0.3, -0.25) is 23.4 Å². The summed E-state index contributed by atoms with van der Waals surface area (Å²) in [5, 5.41) is 9.81. The zero-order chi connectivity index (χ0) is 56.9. The third-order valence-corrected chi connectivity index (χ3v) is 13.4. The minimum Gasteiger partial charge on any atom is -0.462 e. The molecule has 0 saturated heterocycles. The smallest absolute Gasteiger partial charge is 0.462 e. The fraction of sp³-hybridized carbons (Fsp3) is 0.652. The average Bonchev–Trinajstić information content (AvgIpc) is 3.43. The summed E-state index contributed by atoms with van der Waals surface area (Å²) in [6.07, 6.45) is 73.3. The van der Waals surface area contributed by atoms with Gasteiger partial charge in [0, 0.05) is 12.8 Å². The molecule has 0 amide bonds. The van der Waals surface area contributed by atoms with Crippen LogP contribution in [-0.4, -0.2) is 66.5 Å². The summed E-state index contributed by atoms with van der Waals surface area (Å²) >= 11 is 0. The highest BCUT2D eigenvalue weighted by atomic mass is 31.2. The van der Waals surface area contributed by atoms with Crippen LogP contribution in [-0.2, 0) is 42.2 Å². The van der Waals surface area contributed by atoms with Crippen LogP contribution in [0.4, 0.5) is 0 Å². The number of aliphatic hydroxyl groups excluding tert-OH is 1. The first-order chi connectivity index (χ1) is 38.2. The van der Waals surface area contributed by atoms with Gasteiger partial charge < -0.3 is 24.2 Å². The molecule has 3 atom stereocenters. The molecule has 0 fully saturated rings. The number of carbonyl (C=O) groups excluding carboxylic acids is 3. The minimum atomic E-state index is -4.79. The lowest BCUT2D eigenvalue weighted by Crippen LogP contribution is -2.30. The molecule has 12 heteroatoms. The van der Waals surface area contributed by atoms with Crippen molar-refractivity contribution in [2.24, 2.45) is 0 Å². The van der Waals surface area contributed by atoms with Crippen LogP contribution in [0.1, 0.15) is 239 Å². The van der Waals surface area contributed by atoms with Crippen molar-refractivity contribution in [2.45, 2.75) is 251 Å². The molecule has 0 bridgehead atoms. The standard InChI is InChI=1S/C66H109O11P/c1-4-7-10-13-16-19-22-25-28-30-31-33-35-37-40-43-46-49-52-55-64(68)73-59-63(77-66(70)57-54-51-48-45-42-39-36-32-29-26-23-20-17-14-11-8-5-2)61-75-78(71,72)74-60-62(58-67)76-65(69)56-53-50-47-44-41-38-34-27-24-21-18-15-12-9-6-3/h7,9-10,12,16,18-19,21,25,27-28,31,33-34,37,40-41,44,50,53,62-63,67H,4-6,8,11,13-15,17,20,22-24,26,29-30,32,35-36,38-39,42-43,45-49,51-52,54-61H2,1-3H3,(H,71,72)/b10-7-,12-9-,19-16-,21-18-,28-25-,33-31-,34-27-,40-37-,44-41-,53-50-. The van der Waals surface area contributed by atoms with Crippen LogP contribution >= 0.6 is 7.82 Å². The lowest BCUT2D eigenvalue weighted by Gasteiger charge is -2.21. The Kier molecular flexibility index (Phi) is 55.9. The highest BCUT2D eigenvalue weighted by Gasteiger charge is 2.28. The maximum absolute atomic E-state index is 12.9. The van der Waals surface area contributed by atoms with E-state index in [4.69, 9.17) is 23.3 Å². The van der Waals surface area contributed by atoms with Crippen LogP contribution in [0.5, 0.6) is 0 Å². The van der Waals surface area contributed by atoms with E-state index in [-0.39, 0.29) is 25.9 Å². The molecular formula is C66H109O11P. The maximum atomic E-state index is 12.9. The number of hydrogen-bond donors (Lipinski definition) is 2. The van der Waals surface area contributed by atoms with Gasteiger partial charge in [-0.1, -0.05) is 251 Å². The number of ether oxygens (including phenoxy) is 3. The molecule has 3 unspecified atom stereocenters. The second-order valence-electron chi connectivity index (χ2n) is 19.8. The molecule has 0 aromatic rings. The van der Waals surface area contributed by atoms with Crippen molar-refractivity contribution in [1.29, 1.82) is 0 Å². The molecule has 0 aliphatic heterocycles. The van der Waals surface area contributed by atoms with E-state index in [0.29, 0.717) is 19.3 Å². The van der Waals surface area contributed by atoms with Gasteiger partial charge in [-0.05, 0) is 89.9 Å². The number of rotatable bonds is 55. The Balaban J connectivity index is 4.85. The van der Waals surface area contributed by atoms with Crippen molar-refractivity contribution >= 4 is 25.7 Å². The molecular weight excluding hydrogens is 1000 g/mol. The molecule has 2 N–H and O–H groups in total. The lowest BCUT2D eigenvalue weighted by atomic mass is 10.0. The minimum absolute atomic E-state index is 0.0619. The van der Waals surface area contributed by atoms with Gasteiger partial charge in [-0.15, -0.1) is 0 Å². The highest BCUT2D eigenvalue weighted by molar-refractivity contribution is 7.47. The average molecular weight is 1110 g/mol. The molecule has 0 aliphatic rings. The quantitative estimate of drug-likeness (QED) is 0.0197. The Labute approximate surface area is 475 Å². The Morgan fingerprint density at radius 2 is 0.718 bits per heavy atom. The van der Waals surface area contributed by atoms with Crippen LogP contribution in [0.15, 0.2) is 122 Å². The topological polar surface area (TPSA) is 155 Å². The van der Waals surface area contributed by atoms with Crippen LogP contribution in [0, 0.1) is 0 Å². The van der Waals surface area contributed by atoms with Gasteiger partial charge in [0.15, 0.2) is 6.10 Å². The normalized spacial score (nSPS) is 14.2. The number of unbranched alkanes of at least 4 members (excludes halogenated alkanes) is 19. The second-order valence-corrected chi connectivity index (χ2v) is 21.2. The summed E-state index contributed by atoms with van der Waals surface area (Å²) in [5.41, 5.74) is 0. The first-order valence-corrected chi connectivity index (χ1v) is 31.9. The molecule has 78 heavy (non-hydrogen) atoms. The van der Waals surface area contributed by atoms with Crippen molar-refractivity contribution in [2.75, 3.05) is 26.4 Å². The number of carbonyl (C=O) groups is 3. The third-order valence-electron chi connectivity index (χ3n) is 12.4. The number of esters is 3. The Morgan fingerprint density at radius 1 is 0.385 bits per heavy atom. The number of hydrogen-bond acceptors (Lipinski definition) is 10. The van der Waals surface area contributed by atoms with Gasteiger partial charge in [-0.25, -0.2) is 4.57 Å². The number of phosphoric acid groups is 1. The predicted octanol–water partition coefficient (Wildman–Crippen LogP) is 18.4. The largest absolute Gasteiger partial charge is 0.472 e. The zero-order valence-corrected chi connectivity index (χ0v) is 50.0. The summed E-state index contributed by atoms with van der Waals surface area (Å²) < 4.78 is 39.5. The van der Waals surface area contributed by atoms with Gasteiger partial charge in [0.2, 0.25) is 0 Å². The van der Waals surface area contributed by atoms with Crippen molar-refractivity contribution in [1.82, 2.24) is 0 Å². The van der Waals surface area contributed by atoms with E-state index in [1.165, 1.54) is 83.5 Å². The zero-order valence-electron chi connectivity index (χ0n) is 49.1. The van der Waals surface area contributed by atoms with E-state index in [9.17, 15) is 28.9 Å². The van der Waals surface area contributed by atoms with Crippen molar-refractivity contribution in [3.8, 4) is 0 Å². The first kappa shape index (κ1) is 73.9.